The third kappa shape index (κ3) is 3.35. The Morgan fingerprint density at radius 2 is 2.31 bits per heavy atom. The molecule has 0 aliphatic carbocycles. The first-order chi connectivity index (χ1) is 7.56. The van der Waals surface area contributed by atoms with E-state index in [4.69, 9.17) is 16.0 Å². The zero-order chi connectivity index (χ0) is 12.1. The molecule has 1 heterocycles. The summed E-state index contributed by atoms with van der Waals surface area (Å²) in [6, 6.07) is 1.63. The van der Waals surface area contributed by atoms with Crippen LogP contribution >= 0.6 is 11.8 Å². The smallest absolute Gasteiger partial charge is 0.188 e. The van der Waals surface area contributed by atoms with Gasteiger partial charge in [-0.15, -0.1) is 0 Å². The van der Waals surface area contributed by atoms with Crippen LogP contribution in [-0.2, 0) is 0 Å². The van der Waals surface area contributed by atoms with Gasteiger partial charge in [0.05, 0.1) is 6.61 Å². The summed E-state index contributed by atoms with van der Waals surface area (Å²) in [5.74, 6) is -0.0519. The van der Waals surface area contributed by atoms with Gasteiger partial charge in [0.15, 0.2) is 11.0 Å². The summed E-state index contributed by atoms with van der Waals surface area (Å²) >= 11 is 1.34. The van der Waals surface area contributed by atoms with Gasteiger partial charge in [-0.1, -0.05) is 23.8 Å². The molecule has 1 unspecified atom stereocenters. The molecular formula is C9H14N4O2S. The maximum atomic E-state index is 8.93. The second kappa shape index (κ2) is 5.66. The van der Waals surface area contributed by atoms with Crippen molar-refractivity contribution in [1.29, 1.82) is 0 Å². The molecule has 1 aromatic rings. The fraction of sp³-hybridized carbons (Fsp3) is 0.444. The van der Waals surface area contributed by atoms with E-state index in [1.54, 1.807) is 13.0 Å². The Morgan fingerprint density at radius 1 is 1.62 bits per heavy atom. The number of hydrogen-bond acceptors (Lipinski definition) is 6. The molecule has 0 fully saturated rings. The molecule has 0 saturated heterocycles. The van der Waals surface area contributed by atoms with Crippen LogP contribution in [0.1, 0.15) is 18.3 Å². The first kappa shape index (κ1) is 12.7. The van der Waals surface area contributed by atoms with Gasteiger partial charge in [0, 0.05) is 10.9 Å². The summed E-state index contributed by atoms with van der Waals surface area (Å²) in [5.41, 5.74) is 6.55. The van der Waals surface area contributed by atoms with Crippen LogP contribution in [0.15, 0.2) is 16.4 Å². The highest BCUT2D eigenvalue weighted by atomic mass is 32.2. The Morgan fingerprint density at radius 3 is 2.88 bits per heavy atom. The summed E-state index contributed by atoms with van der Waals surface area (Å²) in [4.78, 5) is 8.30. The lowest BCUT2D eigenvalue weighted by Gasteiger charge is -2.07. The minimum Gasteiger partial charge on any atom is -0.409 e. The second-order valence-electron chi connectivity index (χ2n) is 3.27. The van der Waals surface area contributed by atoms with Crippen LogP contribution in [0, 0.1) is 6.92 Å². The Bertz CT molecular complexity index is 397. The van der Waals surface area contributed by atoms with E-state index < -0.39 is 0 Å². The van der Waals surface area contributed by atoms with Crippen LogP contribution in [0.4, 0.5) is 0 Å². The van der Waals surface area contributed by atoms with E-state index in [-0.39, 0.29) is 17.7 Å². The first-order valence-corrected chi connectivity index (χ1v) is 5.56. The molecule has 4 N–H and O–H groups in total. The van der Waals surface area contributed by atoms with E-state index in [1.165, 1.54) is 11.8 Å². The number of thioether (sulfide) groups is 1. The van der Waals surface area contributed by atoms with Gasteiger partial charge in [-0.05, 0) is 13.0 Å². The molecule has 16 heavy (non-hydrogen) atoms. The van der Waals surface area contributed by atoms with Crippen LogP contribution in [0.5, 0.6) is 0 Å². The highest BCUT2D eigenvalue weighted by Gasteiger charge is 2.09. The van der Waals surface area contributed by atoms with Crippen molar-refractivity contribution in [3.8, 4) is 0 Å². The molecule has 0 saturated carbocycles. The summed E-state index contributed by atoms with van der Waals surface area (Å²) < 4.78 is 0. The standard InChI is InChI=1S/C9H14N4O2S/c1-5-3-7(8(10)13-15)12-9(11-5)16-6(2)4-14/h3,6,14-15H,4H2,1-2H3,(H2,10,13). The predicted octanol–water partition coefficient (Wildman–Crippen LogP) is 0.352. The van der Waals surface area contributed by atoms with Gasteiger partial charge < -0.3 is 16.0 Å². The fourth-order valence-corrected chi connectivity index (χ4v) is 1.78. The number of nitrogens with zero attached hydrogens (tertiary/aromatic N) is 3. The summed E-state index contributed by atoms with van der Waals surface area (Å²) in [7, 11) is 0. The second-order valence-corrected chi connectivity index (χ2v) is 4.68. The molecule has 1 aromatic heterocycles. The van der Waals surface area contributed by atoms with Crippen LogP contribution in [0.2, 0.25) is 0 Å². The summed E-state index contributed by atoms with van der Waals surface area (Å²) in [5, 5.41) is 20.9. The van der Waals surface area contributed by atoms with E-state index in [2.05, 4.69) is 15.1 Å². The molecule has 1 atom stereocenters. The zero-order valence-corrected chi connectivity index (χ0v) is 9.90. The van der Waals surface area contributed by atoms with Crippen LogP contribution in [-0.4, -0.2) is 38.0 Å². The molecule has 0 spiro atoms. The number of oxime groups is 1. The third-order valence-electron chi connectivity index (χ3n) is 1.77. The number of aromatic nitrogens is 2. The lowest BCUT2D eigenvalue weighted by Crippen LogP contribution is -2.16. The van der Waals surface area contributed by atoms with Crippen molar-refractivity contribution >= 4 is 17.6 Å². The van der Waals surface area contributed by atoms with Crippen molar-refractivity contribution in [3.05, 3.63) is 17.5 Å². The maximum Gasteiger partial charge on any atom is 0.188 e. The average Bonchev–Trinajstić information content (AvgIpc) is 2.27. The Kier molecular flexibility index (Phi) is 4.51. The molecule has 0 amide bonds. The first-order valence-electron chi connectivity index (χ1n) is 4.68. The molecule has 88 valence electrons. The summed E-state index contributed by atoms with van der Waals surface area (Å²) in [6.07, 6.45) is 0. The Hall–Kier alpha value is -1.34. The van der Waals surface area contributed by atoms with Gasteiger partial charge >= 0.3 is 0 Å². The van der Waals surface area contributed by atoms with Gasteiger partial charge in [-0.2, -0.15) is 0 Å². The lowest BCUT2D eigenvalue weighted by molar-refractivity contribution is 0.300. The molecule has 6 nitrogen and oxygen atoms in total. The number of amidine groups is 1. The van der Waals surface area contributed by atoms with Crippen molar-refractivity contribution < 1.29 is 10.3 Å². The number of nitrogens with two attached hydrogens (primary N) is 1. The topological polar surface area (TPSA) is 105 Å². The highest BCUT2D eigenvalue weighted by Crippen LogP contribution is 2.19. The van der Waals surface area contributed by atoms with E-state index >= 15 is 0 Å². The van der Waals surface area contributed by atoms with E-state index in [1.807, 2.05) is 6.92 Å². The third-order valence-corrected chi connectivity index (χ3v) is 2.71. The molecular weight excluding hydrogens is 228 g/mol. The van der Waals surface area contributed by atoms with Gasteiger partial charge in [0.1, 0.15) is 5.69 Å². The molecule has 1 rings (SSSR count). The van der Waals surface area contributed by atoms with Crippen LogP contribution < -0.4 is 5.73 Å². The quantitative estimate of drug-likeness (QED) is 0.176. The van der Waals surface area contributed by atoms with Crippen molar-refractivity contribution in [3.63, 3.8) is 0 Å². The normalized spacial score (nSPS) is 13.8. The SMILES string of the molecule is Cc1cc(/C(N)=N/O)nc(SC(C)CO)n1. The molecule has 7 heteroatoms. The minimum absolute atomic E-state index is 0.00180. The van der Waals surface area contributed by atoms with Gasteiger partial charge in [0.25, 0.3) is 0 Å². The van der Waals surface area contributed by atoms with Crippen LogP contribution in [0.3, 0.4) is 0 Å². The maximum absolute atomic E-state index is 8.93. The number of aliphatic hydroxyl groups excluding tert-OH is 1. The van der Waals surface area contributed by atoms with E-state index in [0.717, 1.165) is 5.69 Å². The Balaban J connectivity index is 2.99. The van der Waals surface area contributed by atoms with Crippen molar-refractivity contribution in [1.82, 2.24) is 9.97 Å². The predicted molar refractivity (Wildman–Crippen MR) is 61.7 cm³/mol. The van der Waals surface area contributed by atoms with Crippen LogP contribution in [0.25, 0.3) is 0 Å². The lowest BCUT2D eigenvalue weighted by atomic mass is 10.3. The van der Waals surface area contributed by atoms with E-state index in [0.29, 0.717) is 10.9 Å². The zero-order valence-electron chi connectivity index (χ0n) is 9.08. The van der Waals surface area contributed by atoms with Gasteiger partial charge in [0.2, 0.25) is 0 Å². The minimum atomic E-state index is -0.0519. The van der Waals surface area contributed by atoms with Crippen molar-refractivity contribution in [2.24, 2.45) is 10.9 Å². The fourth-order valence-electron chi connectivity index (χ4n) is 0.994. The summed E-state index contributed by atoms with van der Waals surface area (Å²) in [6.45, 7) is 3.70. The molecule has 0 aliphatic rings. The van der Waals surface area contributed by atoms with E-state index in [9.17, 15) is 0 Å². The molecule has 0 aromatic carbocycles. The number of aliphatic hydroxyl groups is 1. The van der Waals surface area contributed by atoms with Gasteiger partial charge in [-0.3, -0.25) is 0 Å². The Labute approximate surface area is 97.6 Å². The monoisotopic (exact) mass is 242 g/mol. The molecule has 0 aliphatic heterocycles. The number of hydrogen-bond donors (Lipinski definition) is 3. The highest BCUT2D eigenvalue weighted by molar-refractivity contribution is 7.99. The number of rotatable bonds is 4. The van der Waals surface area contributed by atoms with Crippen molar-refractivity contribution in [2.75, 3.05) is 6.61 Å². The van der Waals surface area contributed by atoms with Gasteiger partial charge in [-0.25, -0.2) is 9.97 Å². The largest absolute Gasteiger partial charge is 0.409 e. The average molecular weight is 242 g/mol. The number of aryl methyl sites for hydroxylation is 1. The molecule has 0 radical (unpaired) electrons. The van der Waals surface area contributed by atoms with Crippen molar-refractivity contribution in [2.45, 2.75) is 24.3 Å². The molecule has 0 bridgehead atoms.